The van der Waals surface area contributed by atoms with E-state index in [0.717, 1.165) is 22.8 Å². The zero-order valence-electron chi connectivity index (χ0n) is 16.9. The molecule has 0 saturated carbocycles. The summed E-state index contributed by atoms with van der Waals surface area (Å²) < 4.78 is 5.20. The molecular weight excluding hydrogens is 358 g/mol. The summed E-state index contributed by atoms with van der Waals surface area (Å²) in [6.07, 6.45) is 3.33. The monoisotopic (exact) mass is 385 g/mol. The van der Waals surface area contributed by atoms with Crippen LogP contribution in [0.1, 0.15) is 46.6 Å². The van der Waals surface area contributed by atoms with E-state index in [2.05, 4.69) is 15.5 Å². The number of likely N-dealkylation sites (tertiary alicyclic amines) is 1. The van der Waals surface area contributed by atoms with Gasteiger partial charge in [0.05, 0.1) is 17.8 Å². The molecule has 0 bridgehead atoms. The minimum Gasteiger partial charge on any atom is -0.363 e. The Kier molecular flexibility index (Phi) is 5.96. The van der Waals surface area contributed by atoms with Gasteiger partial charge in [-0.1, -0.05) is 5.16 Å². The van der Waals surface area contributed by atoms with Crippen LogP contribution in [0.5, 0.6) is 0 Å². The molecule has 2 aromatic rings. The number of hydrogen-bond donors (Lipinski definition) is 1. The minimum atomic E-state index is -0.158. The number of amides is 2. The molecule has 1 aliphatic rings. The van der Waals surface area contributed by atoms with Gasteiger partial charge in [-0.15, -0.1) is 0 Å². The van der Waals surface area contributed by atoms with Crippen molar-refractivity contribution in [2.24, 2.45) is 0 Å². The Hall–Kier alpha value is -2.90. The lowest BCUT2D eigenvalue weighted by atomic mass is 10.1. The molecule has 28 heavy (non-hydrogen) atoms. The van der Waals surface area contributed by atoms with Crippen molar-refractivity contribution >= 4 is 17.6 Å². The highest BCUT2D eigenvalue weighted by Crippen LogP contribution is 2.20. The van der Waals surface area contributed by atoms with Crippen LogP contribution in [0.2, 0.25) is 0 Å². The normalized spacial score (nSPS) is 17.4. The number of rotatable bonds is 5. The average molecular weight is 385 g/mol. The Balaban J connectivity index is 1.59. The van der Waals surface area contributed by atoms with Gasteiger partial charge in [-0.05, 0) is 38.8 Å². The third-order valence-electron chi connectivity index (χ3n) is 5.14. The number of nitrogens with one attached hydrogen (secondary N) is 1. The molecule has 150 valence electrons. The molecule has 3 rings (SSSR count). The zero-order valence-corrected chi connectivity index (χ0v) is 16.9. The van der Waals surface area contributed by atoms with E-state index in [9.17, 15) is 9.59 Å². The fourth-order valence-electron chi connectivity index (χ4n) is 3.32. The van der Waals surface area contributed by atoms with Crippen LogP contribution in [-0.2, 0) is 11.3 Å². The maximum Gasteiger partial charge on any atom is 0.253 e. The molecule has 0 aliphatic carbocycles. The third kappa shape index (κ3) is 4.49. The van der Waals surface area contributed by atoms with Gasteiger partial charge in [0.25, 0.3) is 5.91 Å². The molecule has 1 N–H and O–H groups in total. The van der Waals surface area contributed by atoms with E-state index in [1.165, 1.54) is 0 Å². The second-order valence-corrected chi connectivity index (χ2v) is 7.42. The predicted molar refractivity (Wildman–Crippen MR) is 105 cm³/mol. The summed E-state index contributed by atoms with van der Waals surface area (Å²) in [5.41, 5.74) is 2.30. The van der Waals surface area contributed by atoms with Crippen LogP contribution in [0.3, 0.4) is 0 Å². The molecule has 0 aromatic carbocycles. The van der Waals surface area contributed by atoms with Gasteiger partial charge in [0.1, 0.15) is 11.6 Å². The fourth-order valence-corrected chi connectivity index (χ4v) is 3.32. The Morgan fingerprint density at radius 2 is 2.11 bits per heavy atom. The quantitative estimate of drug-likeness (QED) is 0.847. The van der Waals surface area contributed by atoms with E-state index in [4.69, 9.17) is 4.52 Å². The smallest absolute Gasteiger partial charge is 0.253 e. The van der Waals surface area contributed by atoms with E-state index >= 15 is 0 Å². The van der Waals surface area contributed by atoms with Crippen molar-refractivity contribution in [2.75, 3.05) is 25.5 Å². The number of aromatic nitrogens is 2. The first kappa shape index (κ1) is 19.9. The van der Waals surface area contributed by atoms with E-state index < -0.39 is 0 Å². The summed E-state index contributed by atoms with van der Waals surface area (Å²) in [6.45, 7) is 4.82. The lowest BCUT2D eigenvalue weighted by Crippen LogP contribution is -2.36. The first-order chi connectivity index (χ1) is 13.3. The van der Waals surface area contributed by atoms with Gasteiger partial charge in [-0.2, -0.15) is 0 Å². The largest absolute Gasteiger partial charge is 0.363 e. The van der Waals surface area contributed by atoms with E-state index in [0.29, 0.717) is 37.9 Å². The molecule has 2 aromatic heterocycles. The van der Waals surface area contributed by atoms with Crippen molar-refractivity contribution in [3.8, 4) is 0 Å². The Morgan fingerprint density at radius 3 is 2.71 bits per heavy atom. The van der Waals surface area contributed by atoms with E-state index in [-0.39, 0.29) is 17.9 Å². The molecule has 2 amide bonds. The minimum absolute atomic E-state index is 0.0420. The summed E-state index contributed by atoms with van der Waals surface area (Å²) in [5, 5.41) is 7.00. The van der Waals surface area contributed by atoms with E-state index in [1.54, 1.807) is 12.3 Å². The number of anilines is 1. The molecule has 8 nitrogen and oxygen atoms in total. The maximum atomic E-state index is 12.5. The summed E-state index contributed by atoms with van der Waals surface area (Å²) in [5.74, 6) is 1.47. The molecule has 8 heteroatoms. The van der Waals surface area contributed by atoms with Crippen molar-refractivity contribution in [1.82, 2.24) is 20.4 Å². The van der Waals surface area contributed by atoms with Crippen LogP contribution >= 0.6 is 0 Å². The van der Waals surface area contributed by atoms with Crippen molar-refractivity contribution in [3.05, 3.63) is 40.9 Å². The lowest BCUT2D eigenvalue weighted by Gasteiger charge is -2.21. The van der Waals surface area contributed by atoms with Gasteiger partial charge in [0.2, 0.25) is 5.91 Å². The Bertz CT molecular complexity index is 825. The second-order valence-electron chi connectivity index (χ2n) is 7.42. The van der Waals surface area contributed by atoms with Crippen molar-refractivity contribution in [3.63, 3.8) is 0 Å². The molecular formula is C20H27N5O3. The van der Waals surface area contributed by atoms with Gasteiger partial charge in [-0.25, -0.2) is 4.98 Å². The third-order valence-corrected chi connectivity index (χ3v) is 5.14. The first-order valence-electron chi connectivity index (χ1n) is 9.49. The molecule has 0 radical (unpaired) electrons. The maximum absolute atomic E-state index is 12.5. The molecule has 1 unspecified atom stereocenters. The van der Waals surface area contributed by atoms with Crippen LogP contribution < -0.4 is 10.2 Å². The molecule has 1 atom stereocenters. The highest BCUT2D eigenvalue weighted by molar-refractivity contribution is 5.94. The number of aryl methyl sites for hydroxylation is 2. The highest BCUT2D eigenvalue weighted by Gasteiger charge is 2.25. The summed E-state index contributed by atoms with van der Waals surface area (Å²) in [6, 6.07) is 3.54. The first-order valence-corrected chi connectivity index (χ1v) is 9.49. The van der Waals surface area contributed by atoms with Gasteiger partial charge in [-0.3, -0.25) is 9.59 Å². The fraction of sp³-hybridized carbons (Fsp3) is 0.500. The molecule has 1 saturated heterocycles. The number of pyridine rings is 1. The Morgan fingerprint density at radius 1 is 1.32 bits per heavy atom. The van der Waals surface area contributed by atoms with Crippen LogP contribution in [0.25, 0.3) is 0 Å². The average Bonchev–Trinajstić information content (AvgIpc) is 2.89. The molecule has 0 spiro atoms. The SMILES string of the molecule is Cc1noc(C)c1CN1CCC(NC(=O)c2ccc(N(C)C)nc2)CCC1=O. The lowest BCUT2D eigenvalue weighted by molar-refractivity contribution is -0.131. The van der Waals surface area contributed by atoms with Crippen LogP contribution in [0, 0.1) is 13.8 Å². The van der Waals surface area contributed by atoms with Gasteiger partial charge in [0, 0.05) is 44.9 Å². The Labute approximate surface area is 164 Å². The van der Waals surface area contributed by atoms with Gasteiger partial charge < -0.3 is 19.6 Å². The number of carbonyl (C=O) groups excluding carboxylic acids is 2. The van der Waals surface area contributed by atoms with E-state index in [1.807, 2.05) is 43.8 Å². The number of nitrogens with zero attached hydrogens (tertiary/aromatic N) is 4. The summed E-state index contributed by atoms with van der Waals surface area (Å²) in [7, 11) is 3.80. The summed E-state index contributed by atoms with van der Waals surface area (Å²) >= 11 is 0. The number of carbonyl (C=O) groups is 2. The zero-order chi connectivity index (χ0) is 20.3. The van der Waals surface area contributed by atoms with Crippen LogP contribution in [0.4, 0.5) is 5.82 Å². The van der Waals surface area contributed by atoms with Gasteiger partial charge >= 0.3 is 0 Å². The van der Waals surface area contributed by atoms with Crippen molar-refractivity contribution in [2.45, 2.75) is 45.7 Å². The predicted octanol–water partition coefficient (Wildman–Crippen LogP) is 2.06. The molecule has 3 heterocycles. The van der Waals surface area contributed by atoms with Crippen LogP contribution in [-0.4, -0.2) is 53.5 Å². The molecule has 1 fully saturated rings. The standard InChI is InChI=1S/C20H27N5O3/c1-13-17(14(2)28-23-13)12-25-10-9-16(6-8-19(25)26)22-20(27)15-5-7-18(21-11-15)24(3)4/h5,7,11,16H,6,8-10,12H2,1-4H3,(H,22,27). The van der Waals surface area contributed by atoms with Crippen molar-refractivity contribution in [1.29, 1.82) is 0 Å². The van der Waals surface area contributed by atoms with Crippen LogP contribution in [0.15, 0.2) is 22.9 Å². The topological polar surface area (TPSA) is 91.6 Å². The van der Waals surface area contributed by atoms with Crippen molar-refractivity contribution < 1.29 is 14.1 Å². The number of hydrogen-bond acceptors (Lipinski definition) is 6. The summed E-state index contributed by atoms with van der Waals surface area (Å²) in [4.78, 5) is 33.0. The highest BCUT2D eigenvalue weighted by atomic mass is 16.5. The second kappa shape index (κ2) is 8.41. The van der Waals surface area contributed by atoms with Gasteiger partial charge in [0.15, 0.2) is 0 Å². The molecule has 1 aliphatic heterocycles.